The van der Waals surface area contributed by atoms with E-state index in [1.54, 1.807) is 4.90 Å². The minimum Gasteiger partial charge on any atom is -0.344 e. The third-order valence-corrected chi connectivity index (χ3v) is 3.73. The van der Waals surface area contributed by atoms with Gasteiger partial charge in [-0.1, -0.05) is 42.5 Å². The molecule has 0 saturated heterocycles. The van der Waals surface area contributed by atoms with Crippen molar-refractivity contribution in [3.63, 3.8) is 0 Å². The first-order valence-electron chi connectivity index (χ1n) is 6.97. The zero-order valence-electron chi connectivity index (χ0n) is 12.9. The van der Waals surface area contributed by atoms with E-state index in [4.69, 9.17) is 0 Å². The lowest BCUT2D eigenvalue weighted by atomic mass is 9.83. The van der Waals surface area contributed by atoms with Crippen LogP contribution in [0, 0.1) is 0 Å². The van der Waals surface area contributed by atoms with Gasteiger partial charge in [-0.2, -0.15) is 5.21 Å². The number of carbonyl (C=O) groups excluding carboxylic acids is 1. The molecule has 1 heterocycles. The van der Waals surface area contributed by atoms with Crippen LogP contribution in [0.3, 0.4) is 0 Å². The van der Waals surface area contributed by atoms with Gasteiger partial charge in [-0.05, 0) is 19.4 Å². The maximum Gasteiger partial charge on any atom is 0.232 e. The maximum atomic E-state index is 12.7. The highest BCUT2D eigenvalue weighted by molar-refractivity contribution is 5.87. The minimum absolute atomic E-state index is 0.0317. The lowest BCUT2D eigenvalue weighted by Gasteiger charge is -2.30. The predicted molar refractivity (Wildman–Crippen MR) is 79.7 cm³/mol. The molecule has 1 aromatic carbocycles. The van der Waals surface area contributed by atoms with Crippen LogP contribution in [0.15, 0.2) is 30.3 Å². The Labute approximate surface area is 124 Å². The lowest BCUT2D eigenvalue weighted by molar-refractivity contribution is -0.135. The van der Waals surface area contributed by atoms with Crippen molar-refractivity contribution in [2.45, 2.75) is 32.1 Å². The van der Waals surface area contributed by atoms with E-state index < -0.39 is 5.41 Å². The molecule has 6 heteroatoms. The first-order chi connectivity index (χ1) is 9.93. The highest BCUT2D eigenvalue weighted by atomic mass is 16.2. The molecule has 1 N–H and O–H groups in total. The Bertz CT molecular complexity index is 579. The van der Waals surface area contributed by atoms with Crippen LogP contribution in [0.25, 0.3) is 0 Å². The molecular formula is C15H21N5O. The fraction of sp³-hybridized carbons (Fsp3) is 0.467. The van der Waals surface area contributed by atoms with Crippen molar-refractivity contribution in [1.82, 2.24) is 25.5 Å². The van der Waals surface area contributed by atoms with Crippen LogP contribution in [0.2, 0.25) is 0 Å². The van der Waals surface area contributed by atoms with E-state index in [0.29, 0.717) is 12.4 Å². The number of carbonyl (C=O) groups is 1. The Hall–Kier alpha value is -2.24. The van der Waals surface area contributed by atoms with Crippen molar-refractivity contribution in [3.8, 4) is 0 Å². The number of H-pyrrole nitrogens is 1. The summed E-state index contributed by atoms with van der Waals surface area (Å²) < 4.78 is 0. The van der Waals surface area contributed by atoms with Gasteiger partial charge in [0.05, 0.1) is 5.41 Å². The van der Waals surface area contributed by atoms with E-state index in [9.17, 15) is 4.79 Å². The molecule has 0 saturated carbocycles. The van der Waals surface area contributed by atoms with E-state index >= 15 is 0 Å². The second kappa shape index (κ2) is 6.03. The molecule has 0 aliphatic heterocycles. The topological polar surface area (TPSA) is 74.8 Å². The Kier molecular flexibility index (Phi) is 4.35. The standard InChI is InChI=1S/C15H21N5O/c1-11(13-16-18-19-17-13)10-20(4)14(21)15(2,3)12-8-6-5-7-9-12/h5-9,11H,10H2,1-4H3,(H,16,17,18,19)/t11-/m1/s1. The number of aromatic amines is 1. The predicted octanol–water partition coefficient (Wildman–Crippen LogP) is 1.74. The Balaban J connectivity index is 2.08. The van der Waals surface area contributed by atoms with E-state index in [-0.39, 0.29) is 11.8 Å². The minimum atomic E-state index is -0.563. The number of aromatic nitrogens is 4. The molecule has 0 fully saturated rings. The third-order valence-electron chi connectivity index (χ3n) is 3.73. The fourth-order valence-electron chi connectivity index (χ4n) is 2.41. The van der Waals surface area contributed by atoms with Gasteiger partial charge in [-0.3, -0.25) is 4.79 Å². The van der Waals surface area contributed by atoms with E-state index in [1.807, 2.05) is 58.2 Å². The summed E-state index contributed by atoms with van der Waals surface area (Å²) in [5.41, 5.74) is 0.446. The Morgan fingerprint density at radius 3 is 2.57 bits per heavy atom. The van der Waals surface area contributed by atoms with E-state index in [0.717, 1.165) is 5.56 Å². The van der Waals surface area contributed by atoms with E-state index in [1.165, 1.54) is 0 Å². The molecule has 0 radical (unpaired) electrons. The summed E-state index contributed by atoms with van der Waals surface area (Å²) in [6, 6.07) is 9.81. The van der Waals surface area contributed by atoms with Gasteiger partial charge in [-0.25, -0.2) is 0 Å². The monoisotopic (exact) mass is 287 g/mol. The summed E-state index contributed by atoms with van der Waals surface area (Å²) in [4.78, 5) is 14.5. The molecule has 112 valence electrons. The van der Waals surface area contributed by atoms with Crippen LogP contribution >= 0.6 is 0 Å². The van der Waals surface area contributed by atoms with Gasteiger partial charge < -0.3 is 4.90 Å². The third kappa shape index (κ3) is 3.26. The first-order valence-corrected chi connectivity index (χ1v) is 6.97. The zero-order valence-corrected chi connectivity index (χ0v) is 12.9. The fourth-order valence-corrected chi connectivity index (χ4v) is 2.41. The molecule has 2 rings (SSSR count). The van der Waals surface area contributed by atoms with Crippen molar-refractivity contribution in [3.05, 3.63) is 41.7 Å². The molecule has 0 bridgehead atoms. The van der Waals surface area contributed by atoms with Crippen molar-refractivity contribution in [2.24, 2.45) is 0 Å². The molecule has 0 unspecified atom stereocenters. The molecule has 1 aromatic heterocycles. The average Bonchev–Trinajstić information content (AvgIpc) is 3.01. The van der Waals surface area contributed by atoms with Crippen LogP contribution in [-0.4, -0.2) is 45.0 Å². The van der Waals surface area contributed by atoms with Crippen molar-refractivity contribution in [2.75, 3.05) is 13.6 Å². The SMILES string of the molecule is C[C@H](CN(C)C(=O)C(C)(C)c1ccccc1)c1nn[nH]n1. The van der Waals surface area contributed by atoms with Gasteiger partial charge in [0.2, 0.25) is 5.91 Å². The molecule has 0 spiro atoms. The number of nitrogens with zero attached hydrogens (tertiary/aromatic N) is 4. The number of tetrazole rings is 1. The Morgan fingerprint density at radius 2 is 2.00 bits per heavy atom. The van der Waals surface area contributed by atoms with Gasteiger partial charge in [0.1, 0.15) is 0 Å². The molecule has 0 aliphatic carbocycles. The second-order valence-corrected chi connectivity index (χ2v) is 5.85. The number of nitrogens with one attached hydrogen (secondary N) is 1. The maximum absolute atomic E-state index is 12.7. The summed E-state index contributed by atoms with van der Waals surface area (Å²) in [7, 11) is 1.81. The quantitative estimate of drug-likeness (QED) is 0.909. The van der Waals surface area contributed by atoms with Crippen molar-refractivity contribution >= 4 is 5.91 Å². The number of likely N-dealkylation sites (N-methyl/N-ethyl adjacent to an activating group) is 1. The average molecular weight is 287 g/mol. The summed E-state index contributed by atoms with van der Waals surface area (Å²) in [6.45, 7) is 6.42. The highest BCUT2D eigenvalue weighted by Crippen LogP contribution is 2.26. The molecule has 0 aliphatic rings. The number of amides is 1. The van der Waals surface area contributed by atoms with Crippen LogP contribution < -0.4 is 0 Å². The van der Waals surface area contributed by atoms with Gasteiger partial charge in [0.25, 0.3) is 0 Å². The number of hydrogen-bond acceptors (Lipinski definition) is 4. The van der Waals surface area contributed by atoms with Crippen LogP contribution in [0.5, 0.6) is 0 Å². The van der Waals surface area contributed by atoms with Crippen LogP contribution in [0.4, 0.5) is 0 Å². The molecule has 1 atom stereocenters. The molecule has 21 heavy (non-hydrogen) atoms. The van der Waals surface area contributed by atoms with E-state index in [2.05, 4.69) is 20.6 Å². The summed E-state index contributed by atoms with van der Waals surface area (Å²) in [6.07, 6.45) is 0. The van der Waals surface area contributed by atoms with Crippen molar-refractivity contribution in [1.29, 1.82) is 0 Å². The second-order valence-electron chi connectivity index (χ2n) is 5.85. The number of benzene rings is 1. The van der Waals surface area contributed by atoms with Crippen molar-refractivity contribution < 1.29 is 4.79 Å². The largest absolute Gasteiger partial charge is 0.344 e. The zero-order chi connectivity index (χ0) is 15.5. The smallest absolute Gasteiger partial charge is 0.232 e. The van der Waals surface area contributed by atoms with Gasteiger partial charge >= 0.3 is 0 Å². The number of rotatable bonds is 5. The highest BCUT2D eigenvalue weighted by Gasteiger charge is 2.33. The molecular weight excluding hydrogens is 266 g/mol. The van der Waals surface area contributed by atoms with Crippen LogP contribution in [-0.2, 0) is 10.2 Å². The lowest BCUT2D eigenvalue weighted by Crippen LogP contribution is -2.42. The molecule has 1 amide bonds. The normalized spacial score (nSPS) is 13.0. The summed E-state index contributed by atoms with van der Waals surface area (Å²) in [5, 5.41) is 13.9. The van der Waals surface area contributed by atoms with Gasteiger partial charge in [-0.15, -0.1) is 10.2 Å². The Morgan fingerprint density at radius 1 is 1.33 bits per heavy atom. The number of hydrogen-bond donors (Lipinski definition) is 1. The summed E-state index contributed by atoms with van der Waals surface area (Å²) in [5.74, 6) is 0.723. The van der Waals surface area contributed by atoms with Gasteiger partial charge in [0, 0.05) is 19.5 Å². The first kappa shape index (κ1) is 15.2. The van der Waals surface area contributed by atoms with Gasteiger partial charge in [0.15, 0.2) is 5.82 Å². The molecule has 2 aromatic rings. The van der Waals surface area contributed by atoms with Crippen LogP contribution in [0.1, 0.15) is 38.1 Å². The summed E-state index contributed by atoms with van der Waals surface area (Å²) >= 11 is 0. The molecule has 6 nitrogen and oxygen atoms in total.